The lowest BCUT2D eigenvalue weighted by atomic mass is 9.81. The van der Waals surface area contributed by atoms with Crippen LogP contribution in [-0.2, 0) is 5.41 Å². The van der Waals surface area contributed by atoms with Gasteiger partial charge in [-0.1, -0.05) is 196 Å². The van der Waals surface area contributed by atoms with Gasteiger partial charge in [0.05, 0.1) is 22.4 Å². The summed E-state index contributed by atoms with van der Waals surface area (Å²) < 4.78 is 2.44. The maximum absolute atomic E-state index is 2.49. The van der Waals surface area contributed by atoms with Crippen molar-refractivity contribution in [3.63, 3.8) is 0 Å². The molecule has 63 heavy (non-hydrogen) atoms. The summed E-state index contributed by atoms with van der Waals surface area (Å²) in [5.41, 5.74) is 19.4. The Morgan fingerprint density at radius 2 is 0.968 bits per heavy atom. The number of rotatable bonds is 7. The van der Waals surface area contributed by atoms with Crippen LogP contribution in [0.4, 0.5) is 17.1 Å². The molecule has 0 saturated heterocycles. The molecule has 12 rings (SSSR count). The Bertz CT molecular complexity index is 3520. The maximum atomic E-state index is 2.49. The normalized spacial score (nSPS) is 12.7. The molecular weight excluding hydrogens is 761 g/mol. The Balaban J connectivity index is 1.10. The highest BCUT2D eigenvalue weighted by atomic mass is 15.2. The van der Waals surface area contributed by atoms with Crippen molar-refractivity contribution in [3.8, 4) is 50.2 Å². The van der Waals surface area contributed by atoms with Crippen LogP contribution in [-0.4, -0.2) is 4.57 Å². The smallest absolute Gasteiger partial charge is 0.0782 e. The van der Waals surface area contributed by atoms with Crippen molar-refractivity contribution in [2.75, 3.05) is 4.90 Å². The van der Waals surface area contributed by atoms with Crippen LogP contribution in [0.1, 0.15) is 25.0 Å². The standard InChI is InChI=1S/C61H44N2/c1-61(2)54-30-12-9-24-48(54)49-39-36-44(40-55(49)61)41-34-37-46(38-35-41)62(58-33-17-29-53-51-26-11-14-32-57(51)63(60(53)58)45-22-7-4-8-23-45)56-31-13-10-25-50(56)52-28-16-21-43-20-15-27-47(59(43)52)42-18-5-3-6-19-42/h3-40H,1-2H3. The van der Waals surface area contributed by atoms with Crippen LogP contribution in [0.3, 0.4) is 0 Å². The number of hydrogen-bond acceptors (Lipinski definition) is 1. The largest absolute Gasteiger partial charge is 0.308 e. The lowest BCUT2D eigenvalue weighted by Crippen LogP contribution is -2.14. The minimum atomic E-state index is -0.0692. The van der Waals surface area contributed by atoms with Gasteiger partial charge in [0.25, 0.3) is 0 Å². The third-order valence-electron chi connectivity index (χ3n) is 13.4. The zero-order chi connectivity index (χ0) is 42.1. The molecule has 0 saturated carbocycles. The number of fused-ring (bicyclic) bond motifs is 7. The number of anilines is 3. The molecule has 1 aliphatic rings. The van der Waals surface area contributed by atoms with Crippen LogP contribution in [0.15, 0.2) is 231 Å². The average Bonchev–Trinajstić information content (AvgIpc) is 3.81. The number of para-hydroxylation sites is 4. The zero-order valence-corrected chi connectivity index (χ0v) is 35.3. The maximum Gasteiger partial charge on any atom is 0.0782 e. The fourth-order valence-corrected chi connectivity index (χ4v) is 10.4. The lowest BCUT2D eigenvalue weighted by Gasteiger charge is -2.30. The van der Waals surface area contributed by atoms with Crippen molar-refractivity contribution in [2.24, 2.45) is 0 Å². The van der Waals surface area contributed by atoms with E-state index in [0.29, 0.717) is 0 Å². The third-order valence-corrected chi connectivity index (χ3v) is 13.4. The number of nitrogens with zero attached hydrogens (tertiary/aromatic N) is 2. The molecule has 11 aromatic rings. The predicted molar refractivity (Wildman–Crippen MR) is 267 cm³/mol. The SMILES string of the molecule is CC1(C)c2ccccc2-c2ccc(-c3ccc(N(c4ccccc4-c4cccc5cccc(-c6ccccc6)c45)c4cccc5c6ccccc6n(-c6ccccc6)c45)cc3)cc21. The molecule has 2 nitrogen and oxygen atoms in total. The first-order chi connectivity index (χ1) is 31.0. The summed E-state index contributed by atoms with van der Waals surface area (Å²) in [4.78, 5) is 2.49. The second-order valence-electron chi connectivity index (χ2n) is 17.3. The minimum absolute atomic E-state index is 0.0692. The van der Waals surface area contributed by atoms with E-state index in [1.54, 1.807) is 0 Å². The van der Waals surface area contributed by atoms with Crippen molar-refractivity contribution < 1.29 is 0 Å². The van der Waals surface area contributed by atoms with Gasteiger partial charge in [-0.25, -0.2) is 0 Å². The number of benzene rings is 10. The van der Waals surface area contributed by atoms with E-state index in [0.717, 1.165) is 33.8 Å². The molecule has 0 unspecified atom stereocenters. The van der Waals surface area contributed by atoms with Gasteiger partial charge in [-0.3, -0.25) is 0 Å². The fraction of sp³-hybridized carbons (Fsp3) is 0.0492. The van der Waals surface area contributed by atoms with Gasteiger partial charge in [0.2, 0.25) is 0 Å². The Morgan fingerprint density at radius 1 is 0.381 bits per heavy atom. The summed E-state index contributed by atoms with van der Waals surface area (Å²) >= 11 is 0. The van der Waals surface area contributed by atoms with Crippen LogP contribution in [0.25, 0.3) is 82.8 Å². The molecule has 1 heterocycles. The van der Waals surface area contributed by atoms with Crippen molar-refractivity contribution in [3.05, 3.63) is 242 Å². The van der Waals surface area contributed by atoms with E-state index in [1.807, 2.05) is 0 Å². The van der Waals surface area contributed by atoms with Gasteiger partial charge in [-0.05, 0) is 109 Å². The number of hydrogen-bond donors (Lipinski definition) is 0. The molecular formula is C61H44N2. The van der Waals surface area contributed by atoms with E-state index in [1.165, 1.54) is 77.1 Å². The van der Waals surface area contributed by atoms with Gasteiger partial charge >= 0.3 is 0 Å². The second kappa shape index (κ2) is 14.6. The van der Waals surface area contributed by atoms with Crippen molar-refractivity contribution >= 4 is 49.6 Å². The average molecular weight is 805 g/mol. The molecule has 0 radical (unpaired) electrons. The van der Waals surface area contributed by atoms with Crippen LogP contribution in [0.2, 0.25) is 0 Å². The molecule has 0 aliphatic heterocycles. The summed E-state index contributed by atoms with van der Waals surface area (Å²) in [6.45, 7) is 4.71. The highest BCUT2D eigenvalue weighted by Crippen LogP contribution is 2.51. The van der Waals surface area contributed by atoms with Gasteiger partial charge in [0.15, 0.2) is 0 Å². The quantitative estimate of drug-likeness (QED) is 0.156. The van der Waals surface area contributed by atoms with E-state index in [-0.39, 0.29) is 5.41 Å². The molecule has 0 atom stereocenters. The zero-order valence-electron chi connectivity index (χ0n) is 35.3. The summed E-state index contributed by atoms with van der Waals surface area (Å²) in [6, 6.07) is 84.7. The van der Waals surface area contributed by atoms with E-state index in [9.17, 15) is 0 Å². The number of aromatic nitrogens is 1. The van der Waals surface area contributed by atoms with Crippen LogP contribution < -0.4 is 4.90 Å². The van der Waals surface area contributed by atoms with Crippen molar-refractivity contribution in [1.29, 1.82) is 0 Å². The van der Waals surface area contributed by atoms with Gasteiger partial charge in [0, 0.05) is 33.1 Å². The molecule has 298 valence electrons. The topological polar surface area (TPSA) is 8.17 Å². The van der Waals surface area contributed by atoms with Crippen LogP contribution >= 0.6 is 0 Å². The highest BCUT2D eigenvalue weighted by Gasteiger charge is 2.35. The molecule has 0 bridgehead atoms. The molecule has 1 aromatic heterocycles. The van der Waals surface area contributed by atoms with Gasteiger partial charge < -0.3 is 9.47 Å². The Kier molecular flexibility index (Phi) is 8.55. The minimum Gasteiger partial charge on any atom is -0.308 e. The highest BCUT2D eigenvalue weighted by molar-refractivity contribution is 6.15. The summed E-state index contributed by atoms with van der Waals surface area (Å²) in [5.74, 6) is 0. The Labute approximate surface area is 368 Å². The summed E-state index contributed by atoms with van der Waals surface area (Å²) in [6.07, 6.45) is 0. The molecule has 2 heteroatoms. The first-order valence-electron chi connectivity index (χ1n) is 21.9. The van der Waals surface area contributed by atoms with Crippen molar-refractivity contribution in [2.45, 2.75) is 19.3 Å². The fourth-order valence-electron chi connectivity index (χ4n) is 10.4. The van der Waals surface area contributed by atoms with Gasteiger partial charge in [0.1, 0.15) is 0 Å². The molecule has 1 aliphatic carbocycles. The monoisotopic (exact) mass is 804 g/mol. The molecule has 0 amide bonds. The van der Waals surface area contributed by atoms with Gasteiger partial charge in [-0.2, -0.15) is 0 Å². The summed E-state index contributed by atoms with van der Waals surface area (Å²) in [5, 5.41) is 4.90. The van der Waals surface area contributed by atoms with E-state index < -0.39 is 0 Å². The first-order valence-corrected chi connectivity index (χ1v) is 21.9. The van der Waals surface area contributed by atoms with Crippen LogP contribution in [0, 0.1) is 0 Å². The molecule has 0 spiro atoms. The Morgan fingerprint density at radius 3 is 1.78 bits per heavy atom. The molecule has 0 N–H and O–H groups in total. The lowest BCUT2D eigenvalue weighted by molar-refractivity contribution is 0.660. The second-order valence-corrected chi connectivity index (χ2v) is 17.3. The predicted octanol–water partition coefficient (Wildman–Crippen LogP) is 16.7. The van der Waals surface area contributed by atoms with Crippen molar-refractivity contribution in [1.82, 2.24) is 4.57 Å². The molecule has 0 fully saturated rings. The van der Waals surface area contributed by atoms with E-state index in [4.69, 9.17) is 0 Å². The summed E-state index contributed by atoms with van der Waals surface area (Å²) in [7, 11) is 0. The third kappa shape index (κ3) is 5.86. The van der Waals surface area contributed by atoms with E-state index >= 15 is 0 Å². The first kappa shape index (κ1) is 36.9. The van der Waals surface area contributed by atoms with Crippen LogP contribution in [0.5, 0.6) is 0 Å². The van der Waals surface area contributed by atoms with E-state index in [2.05, 4.69) is 254 Å². The Hall–Kier alpha value is -7.94. The van der Waals surface area contributed by atoms with Gasteiger partial charge in [-0.15, -0.1) is 0 Å². The molecule has 10 aromatic carbocycles.